The van der Waals surface area contributed by atoms with E-state index in [1.807, 2.05) is 6.92 Å². The molecule has 0 amide bonds. The Morgan fingerprint density at radius 1 is 1.62 bits per heavy atom. The standard InChI is InChI=1S/C9H16N2O2/c1-7-4-11-8(13-7)5-10-6-9(2,3)12/h4,10,12H,5-6H2,1-3H3. The van der Waals surface area contributed by atoms with Crippen LogP contribution in [0, 0.1) is 6.92 Å². The van der Waals surface area contributed by atoms with Crippen LogP contribution in [0.3, 0.4) is 0 Å². The van der Waals surface area contributed by atoms with Crippen molar-refractivity contribution in [3.8, 4) is 0 Å². The van der Waals surface area contributed by atoms with Gasteiger partial charge in [-0.05, 0) is 20.8 Å². The van der Waals surface area contributed by atoms with Crippen LogP contribution in [0.1, 0.15) is 25.5 Å². The Morgan fingerprint density at radius 2 is 2.31 bits per heavy atom. The molecule has 0 saturated heterocycles. The molecule has 0 bridgehead atoms. The van der Waals surface area contributed by atoms with Crippen molar-refractivity contribution in [2.24, 2.45) is 0 Å². The maximum Gasteiger partial charge on any atom is 0.208 e. The molecule has 13 heavy (non-hydrogen) atoms. The molecule has 1 rings (SSSR count). The molecule has 0 aliphatic heterocycles. The van der Waals surface area contributed by atoms with E-state index in [9.17, 15) is 5.11 Å². The highest BCUT2D eigenvalue weighted by atomic mass is 16.4. The summed E-state index contributed by atoms with van der Waals surface area (Å²) in [6.07, 6.45) is 1.68. The lowest BCUT2D eigenvalue weighted by Gasteiger charge is -2.16. The molecule has 0 aliphatic rings. The Hall–Kier alpha value is -0.870. The summed E-state index contributed by atoms with van der Waals surface area (Å²) in [6, 6.07) is 0. The molecule has 0 saturated carbocycles. The number of nitrogens with zero attached hydrogens (tertiary/aromatic N) is 1. The Bertz CT molecular complexity index is 263. The van der Waals surface area contributed by atoms with Crippen LogP contribution in [0.15, 0.2) is 10.6 Å². The van der Waals surface area contributed by atoms with Gasteiger partial charge in [0.25, 0.3) is 0 Å². The number of oxazole rings is 1. The van der Waals surface area contributed by atoms with Gasteiger partial charge in [-0.15, -0.1) is 0 Å². The summed E-state index contributed by atoms with van der Waals surface area (Å²) in [5, 5.41) is 12.4. The predicted molar refractivity (Wildman–Crippen MR) is 49.2 cm³/mol. The number of rotatable bonds is 4. The van der Waals surface area contributed by atoms with Crippen molar-refractivity contribution < 1.29 is 9.52 Å². The second-order valence-electron chi connectivity index (χ2n) is 3.78. The molecule has 0 radical (unpaired) electrons. The topological polar surface area (TPSA) is 58.3 Å². The molecule has 0 aliphatic carbocycles. The largest absolute Gasteiger partial charge is 0.445 e. The van der Waals surface area contributed by atoms with E-state index in [-0.39, 0.29) is 0 Å². The average molecular weight is 184 g/mol. The van der Waals surface area contributed by atoms with Gasteiger partial charge in [-0.3, -0.25) is 0 Å². The molecule has 0 aromatic carbocycles. The minimum Gasteiger partial charge on any atom is -0.445 e. The molecule has 4 nitrogen and oxygen atoms in total. The fraction of sp³-hybridized carbons (Fsp3) is 0.667. The molecular formula is C9H16N2O2. The highest BCUT2D eigenvalue weighted by Crippen LogP contribution is 2.02. The Labute approximate surface area is 78.0 Å². The van der Waals surface area contributed by atoms with Gasteiger partial charge in [0.1, 0.15) is 5.76 Å². The van der Waals surface area contributed by atoms with Crippen molar-refractivity contribution in [3.63, 3.8) is 0 Å². The lowest BCUT2D eigenvalue weighted by atomic mass is 10.1. The zero-order valence-corrected chi connectivity index (χ0v) is 8.29. The van der Waals surface area contributed by atoms with Crippen LogP contribution in [0.2, 0.25) is 0 Å². The van der Waals surface area contributed by atoms with Crippen LogP contribution in [-0.4, -0.2) is 22.2 Å². The fourth-order valence-corrected chi connectivity index (χ4v) is 0.958. The van der Waals surface area contributed by atoms with Gasteiger partial charge in [-0.1, -0.05) is 0 Å². The van der Waals surface area contributed by atoms with E-state index < -0.39 is 5.60 Å². The van der Waals surface area contributed by atoms with Gasteiger partial charge in [0.15, 0.2) is 0 Å². The second-order valence-corrected chi connectivity index (χ2v) is 3.78. The van der Waals surface area contributed by atoms with E-state index in [0.29, 0.717) is 19.0 Å². The van der Waals surface area contributed by atoms with Crippen molar-refractivity contribution in [1.29, 1.82) is 0 Å². The van der Waals surface area contributed by atoms with Gasteiger partial charge in [-0.25, -0.2) is 4.98 Å². The van der Waals surface area contributed by atoms with Gasteiger partial charge in [-0.2, -0.15) is 0 Å². The summed E-state index contributed by atoms with van der Waals surface area (Å²) in [6.45, 7) is 6.43. The van der Waals surface area contributed by atoms with Crippen molar-refractivity contribution in [2.45, 2.75) is 32.9 Å². The summed E-state index contributed by atoms with van der Waals surface area (Å²) < 4.78 is 5.24. The molecule has 0 fully saturated rings. The van der Waals surface area contributed by atoms with Gasteiger partial charge in [0, 0.05) is 6.54 Å². The summed E-state index contributed by atoms with van der Waals surface area (Å²) in [7, 11) is 0. The van der Waals surface area contributed by atoms with Crippen LogP contribution < -0.4 is 5.32 Å². The zero-order valence-electron chi connectivity index (χ0n) is 8.29. The molecule has 0 spiro atoms. The first-order valence-electron chi connectivity index (χ1n) is 4.32. The molecular weight excluding hydrogens is 168 g/mol. The van der Waals surface area contributed by atoms with Gasteiger partial charge < -0.3 is 14.8 Å². The first-order valence-corrected chi connectivity index (χ1v) is 4.32. The molecule has 1 heterocycles. The predicted octanol–water partition coefficient (Wildman–Crippen LogP) is 0.844. The van der Waals surface area contributed by atoms with Crippen LogP contribution in [0.25, 0.3) is 0 Å². The first kappa shape index (κ1) is 10.2. The molecule has 4 heteroatoms. The molecule has 74 valence electrons. The van der Waals surface area contributed by atoms with Crippen LogP contribution >= 0.6 is 0 Å². The summed E-state index contributed by atoms with van der Waals surface area (Å²) in [5.41, 5.74) is -0.693. The van der Waals surface area contributed by atoms with Crippen LogP contribution in [0.4, 0.5) is 0 Å². The number of hydrogen-bond acceptors (Lipinski definition) is 4. The summed E-state index contributed by atoms with van der Waals surface area (Å²) >= 11 is 0. The lowest BCUT2D eigenvalue weighted by Crippen LogP contribution is -2.34. The molecule has 0 unspecified atom stereocenters. The third kappa shape index (κ3) is 4.05. The average Bonchev–Trinajstić information content (AvgIpc) is 2.33. The highest BCUT2D eigenvalue weighted by molar-refractivity contribution is 4.90. The van der Waals surface area contributed by atoms with E-state index >= 15 is 0 Å². The summed E-state index contributed by atoms with van der Waals surface area (Å²) in [4.78, 5) is 4.02. The highest BCUT2D eigenvalue weighted by Gasteiger charge is 2.11. The number of aromatic nitrogens is 1. The van der Waals surface area contributed by atoms with E-state index in [1.165, 1.54) is 0 Å². The Balaban J connectivity index is 2.28. The molecule has 0 atom stereocenters. The van der Waals surface area contributed by atoms with E-state index in [2.05, 4.69) is 10.3 Å². The third-order valence-corrected chi connectivity index (χ3v) is 1.50. The zero-order chi connectivity index (χ0) is 9.90. The Kier molecular flexibility index (Phi) is 3.06. The van der Waals surface area contributed by atoms with Crippen LogP contribution in [-0.2, 0) is 6.54 Å². The smallest absolute Gasteiger partial charge is 0.208 e. The maximum absolute atomic E-state index is 9.39. The number of hydrogen-bond donors (Lipinski definition) is 2. The first-order chi connectivity index (χ1) is 5.97. The van der Waals surface area contributed by atoms with E-state index in [4.69, 9.17) is 4.42 Å². The van der Waals surface area contributed by atoms with Crippen molar-refractivity contribution in [3.05, 3.63) is 17.8 Å². The van der Waals surface area contributed by atoms with E-state index in [0.717, 1.165) is 5.76 Å². The van der Waals surface area contributed by atoms with E-state index in [1.54, 1.807) is 20.0 Å². The van der Waals surface area contributed by atoms with Crippen LogP contribution in [0.5, 0.6) is 0 Å². The van der Waals surface area contributed by atoms with Gasteiger partial charge in [0.2, 0.25) is 5.89 Å². The maximum atomic E-state index is 9.39. The van der Waals surface area contributed by atoms with Crippen molar-refractivity contribution in [1.82, 2.24) is 10.3 Å². The Morgan fingerprint density at radius 3 is 2.77 bits per heavy atom. The van der Waals surface area contributed by atoms with Crippen molar-refractivity contribution in [2.75, 3.05) is 6.54 Å². The van der Waals surface area contributed by atoms with Crippen molar-refractivity contribution >= 4 is 0 Å². The van der Waals surface area contributed by atoms with Gasteiger partial charge in [0.05, 0.1) is 18.3 Å². The second kappa shape index (κ2) is 3.89. The lowest BCUT2D eigenvalue weighted by molar-refractivity contribution is 0.0788. The minimum atomic E-state index is -0.693. The molecule has 2 N–H and O–H groups in total. The van der Waals surface area contributed by atoms with Gasteiger partial charge >= 0.3 is 0 Å². The molecule has 1 aromatic rings. The third-order valence-electron chi connectivity index (χ3n) is 1.50. The number of aliphatic hydroxyl groups is 1. The summed E-state index contributed by atoms with van der Waals surface area (Å²) in [5.74, 6) is 1.46. The monoisotopic (exact) mass is 184 g/mol. The quantitative estimate of drug-likeness (QED) is 0.728. The number of aryl methyl sites for hydroxylation is 1. The SMILES string of the molecule is Cc1cnc(CNCC(C)(C)O)o1. The minimum absolute atomic E-state index is 0.522. The molecule has 1 aromatic heterocycles. The normalized spacial score (nSPS) is 12.0. The fourth-order valence-electron chi connectivity index (χ4n) is 0.958. The number of nitrogens with one attached hydrogen (secondary N) is 1.